The van der Waals surface area contributed by atoms with Crippen molar-refractivity contribution in [2.24, 2.45) is 0 Å². The molecule has 0 aliphatic rings. The minimum absolute atomic E-state index is 0.0520. The number of nitrogen functional groups attached to an aromatic ring is 2. The van der Waals surface area contributed by atoms with Crippen molar-refractivity contribution in [2.75, 3.05) is 11.5 Å². The van der Waals surface area contributed by atoms with Crippen LogP contribution in [0.15, 0.2) is 24.3 Å². The zero-order valence-corrected chi connectivity index (χ0v) is 14.3. The lowest BCUT2D eigenvalue weighted by atomic mass is 9.89. The van der Waals surface area contributed by atoms with Gasteiger partial charge in [0, 0.05) is 5.92 Å². The quantitative estimate of drug-likeness (QED) is 0.656. The molecule has 2 nitrogen and oxygen atoms in total. The third-order valence-corrected chi connectivity index (χ3v) is 4.67. The summed E-state index contributed by atoms with van der Waals surface area (Å²) in [4.78, 5) is 0. The van der Waals surface area contributed by atoms with Gasteiger partial charge in [-0.25, -0.2) is 0 Å². The van der Waals surface area contributed by atoms with Gasteiger partial charge in [-0.1, -0.05) is 53.3 Å². The number of rotatable bonds is 3. The third kappa shape index (κ3) is 3.35. The summed E-state index contributed by atoms with van der Waals surface area (Å²) in [5.41, 5.74) is 14.2. The van der Waals surface area contributed by atoms with E-state index in [2.05, 4.69) is 6.92 Å². The molecule has 0 saturated carbocycles. The number of benzene rings is 2. The van der Waals surface area contributed by atoms with Crippen molar-refractivity contribution in [1.82, 2.24) is 0 Å². The molecule has 0 aliphatic carbocycles. The molecule has 0 aliphatic heterocycles. The van der Waals surface area contributed by atoms with E-state index in [1.54, 1.807) is 0 Å². The summed E-state index contributed by atoms with van der Waals surface area (Å²) in [5.74, 6) is 0.0520. The zero-order chi connectivity index (χ0) is 15.7. The third-order valence-electron chi connectivity index (χ3n) is 3.42. The maximum atomic E-state index is 6.11. The average molecular weight is 364 g/mol. The Bertz CT molecular complexity index is 582. The monoisotopic (exact) mass is 362 g/mol. The summed E-state index contributed by atoms with van der Waals surface area (Å²) in [6.07, 6.45) is 0.827. The van der Waals surface area contributed by atoms with Gasteiger partial charge in [0.15, 0.2) is 0 Å². The van der Waals surface area contributed by atoms with Crippen molar-refractivity contribution in [3.05, 3.63) is 55.5 Å². The fraction of sp³-hybridized carbons (Fsp3) is 0.200. The Morgan fingerprint density at radius 1 is 0.762 bits per heavy atom. The fourth-order valence-electron chi connectivity index (χ4n) is 2.27. The second-order valence-corrected chi connectivity index (χ2v) is 6.39. The molecule has 0 unspecified atom stereocenters. The minimum atomic E-state index is 0.0520. The second-order valence-electron chi connectivity index (χ2n) is 4.76. The highest BCUT2D eigenvalue weighted by Crippen LogP contribution is 2.39. The number of nitrogens with two attached hydrogens (primary N) is 2. The standard InChI is InChI=1S/C15H14Cl4N2/c1-2-9(7-3-10(16)14(20)11(17)4-7)8-5-12(18)15(21)13(19)6-8/h3-6,9H,2,20-21H2,1H3. The molecule has 0 amide bonds. The molecule has 2 rings (SSSR count). The highest BCUT2D eigenvalue weighted by atomic mass is 35.5. The Morgan fingerprint density at radius 2 is 1.05 bits per heavy atom. The maximum absolute atomic E-state index is 6.11. The van der Waals surface area contributed by atoms with E-state index in [1.165, 1.54) is 0 Å². The minimum Gasteiger partial charge on any atom is -0.396 e. The molecule has 0 radical (unpaired) electrons. The van der Waals surface area contributed by atoms with Crippen molar-refractivity contribution >= 4 is 57.8 Å². The highest BCUT2D eigenvalue weighted by molar-refractivity contribution is 6.39. The normalized spacial score (nSPS) is 11.1. The first kappa shape index (κ1) is 16.6. The van der Waals surface area contributed by atoms with Crippen LogP contribution in [-0.2, 0) is 0 Å². The maximum Gasteiger partial charge on any atom is 0.0693 e. The molecule has 0 bridgehead atoms. The molecule has 0 atom stereocenters. The molecule has 2 aromatic carbocycles. The van der Waals surface area contributed by atoms with E-state index in [1.807, 2.05) is 24.3 Å². The van der Waals surface area contributed by atoms with Crippen LogP contribution in [0.5, 0.6) is 0 Å². The molecule has 0 spiro atoms. The lowest BCUT2D eigenvalue weighted by Crippen LogP contribution is -2.02. The molecule has 21 heavy (non-hydrogen) atoms. The van der Waals surface area contributed by atoms with Gasteiger partial charge in [-0.3, -0.25) is 0 Å². The molecule has 2 aromatic rings. The van der Waals surface area contributed by atoms with Gasteiger partial charge in [0.25, 0.3) is 0 Å². The Kier molecular flexibility index (Phi) is 5.15. The van der Waals surface area contributed by atoms with Crippen LogP contribution >= 0.6 is 46.4 Å². The summed E-state index contributed by atoms with van der Waals surface area (Å²) in [7, 11) is 0. The van der Waals surface area contributed by atoms with Crippen LogP contribution in [0.3, 0.4) is 0 Å². The van der Waals surface area contributed by atoms with Crippen molar-refractivity contribution in [2.45, 2.75) is 19.3 Å². The molecular weight excluding hydrogens is 350 g/mol. The topological polar surface area (TPSA) is 52.0 Å². The summed E-state index contributed by atoms with van der Waals surface area (Å²) < 4.78 is 0. The predicted molar refractivity (Wildman–Crippen MR) is 93.9 cm³/mol. The highest BCUT2D eigenvalue weighted by Gasteiger charge is 2.17. The fourth-order valence-corrected chi connectivity index (χ4v) is 3.28. The van der Waals surface area contributed by atoms with E-state index in [-0.39, 0.29) is 5.92 Å². The summed E-state index contributed by atoms with van der Waals surface area (Å²) in [6, 6.07) is 7.26. The first-order valence-electron chi connectivity index (χ1n) is 6.34. The van der Waals surface area contributed by atoms with Gasteiger partial charge < -0.3 is 11.5 Å². The van der Waals surface area contributed by atoms with E-state index in [0.717, 1.165) is 17.5 Å². The van der Waals surface area contributed by atoms with Gasteiger partial charge in [0.2, 0.25) is 0 Å². The number of hydrogen-bond donors (Lipinski definition) is 2. The SMILES string of the molecule is CCC(c1cc(Cl)c(N)c(Cl)c1)c1cc(Cl)c(N)c(Cl)c1. The van der Waals surface area contributed by atoms with E-state index < -0.39 is 0 Å². The smallest absolute Gasteiger partial charge is 0.0693 e. The van der Waals surface area contributed by atoms with E-state index in [9.17, 15) is 0 Å². The van der Waals surface area contributed by atoms with Gasteiger partial charge in [-0.2, -0.15) is 0 Å². The van der Waals surface area contributed by atoms with E-state index in [0.29, 0.717) is 31.5 Å². The molecule has 0 saturated heterocycles. The molecular formula is C15H14Cl4N2. The summed E-state index contributed by atoms with van der Waals surface area (Å²) >= 11 is 24.5. The van der Waals surface area contributed by atoms with Crippen LogP contribution in [0.4, 0.5) is 11.4 Å². The van der Waals surface area contributed by atoms with Crippen molar-refractivity contribution in [1.29, 1.82) is 0 Å². The lowest BCUT2D eigenvalue weighted by molar-refractivity contribution is 0.778. The average Bonchev–Trinajstić information content (AvgIpc) is 2.42. The predicted octanol–water partition coefficient (Wildman–Crippen LogP) is 6.01. The van der Waals surface area contributed by atoms with Crippen molar-refractivity contribution in [3.8, 4) is 0 Å². The summed E-state index contributed by atoms with van der Waals surface area (Å²) in [6.45, 7) is 2.06. The van der Waals surface area contributed by atoms with Crippen LogP contribution in [0.1, 0.15) is 30.4 Å². The lowest BCUT2D eigenvalue weighted by Gasteiger charge is -2.19. The molecule has 4 N–H and O–H groups in total. The van der Waals surface area contributed by atoms with E-state index >= 15 is 0 Å². The number of hydrogen-bond acceptors (Lipinski definition) is 2. The number of halogens is 4. The van der Waals surface area contributed by atoms with Crippen LogP contribution in [0.2, 0.25) is 20.1 Å². The Balaban J connectivity index is 2.54. The molecule has 112 valence electrons. The van der Waals surface area contributed by atoms with Gasteiger partial charge in [0.05, 0.1) is 31.5 Å². The zero-order valence-electron chi connectivity index (χ0n) is 11.3. The molecule has 0 aromatic heterocycles. The van der Waals surface area contributed by atoms with Crippen molar-refractivity contribution < 1.29 is 0 Å². The Morgan fingerprint density at radius 3 is 1.29 bits per heavy atom. The van der Waals surface area contributed by atoms with E-state index in [4.69, 9.17) is 57.9 Å². The Labute approximate surface area is 143 Å². The molecule has 0 fully saturated rings. The van der Waals surface area contributed by atoms with Crippen LogP contribution in [0, 0.1) is 0 Å². The van der Waals surface area contributed by atoms with Crippen LogP contribution in [-0.4, -0.2) is 0 Å². The molecule has 0 heterocycles. The van der Waals surface area contributed by atoms with Gasteiger partial charge in [-0.05, 0) is 41.8 Å². The number of anilines is 2. The first-order chi connectivity index (χ1) is 9.85. The largest absolute Gasteiger partial charge is 0.396 e. The molecule has 6 heteroatoms. The second kappa shape index (κ2) is 6.53. The van der Waals surface area contributed by atoms with Crippen LogP contribution < -0.4 is 11.5 Å². The first-order valence-corrected chi connectivity index (χ1v) is 7.85. The van der Waals surface area contributed by atoms with Crippen LogP contribution in [0.25, 0.3) is 0 Å². The van der Waals surface area contributed by atoms with Gasteiger partial charge >= 0.3 is 0 Å². The summed E-state index contributed by atoms with van der Waals surface area (Å²) in [5, 5.41) is 1.74. The van der Waals surface area contributed by atoms with Gasteiger partial charge in [-0.15, -0.1) is 0 Å². The van der Waals surface area contributed by atoms with Crippen molar-refractivity contribution in [3.63, 3.8) is 0 Å². The Hall–Kier alpha value is -0.800. The van der Waals surface area contributed by atoms with Gasteiger partial charge in [0.1, 0.15) is 0 Å².